The second-order valence-corrected chi connectivity index (χ2v) is 6.22. The Morgan fingerprint density at radius 3 is 2.29 bits per heavy atom. The molecule has 1 aliphatic rings. The van der Waals surface area contributed by atoms with Crippen LogP contribution in [0, 0.1) is 10.1 Å². The van der Waals surface area contributed by atoms with Gasteiger partial charge in [0.1, 0.15) is 0 Å². The zero-order chi connectivity index (χ0) is 20.1. The number of carbonyl (C=O) groups excluding carboxylic acids is 2. The van der Waals surface area contributed by atoms with Gasteiger partial charge in [-0.2, -0.15) is 0 Å². The van der Waals surface area contributed by atoms with E-state index in [1.165, 1.54) is 25.3 Å². The summed E-state index contributed by atoms with van der Waals surface area (Å²) in [6, 6.07) is 13.0. The first kappa shape index (κ1) is 19.2. The van der Waals surface area contributed by atoms with Gasteiger partial charge in [0.25, 0.3) is 5.91 Å². The van der Waals surface area contributed by atoms with Gasteiger partial charge in [-0.25, -0.2) is 4.79 Å². The van der Waals surface area contributed by atoms with E-state index in [1.807, 2.05) is 18.2 Å². The van der Waals surface area contributed by atoms with Crippen molar-refractivity contribution in [1.82, 2.24) is 9.80 Å². The molecule has 3 amide bonds. The van der Waals surface area contributed by atoms with Gasteiger partial charge in [0.05, 0.1) is 12.0 Å². The average molecular weight is 384 g/mol. The predicted octanol–water partition coefficient (Wildman–Crippen LogP) is 2.59. The van der Waals surface area contributed by atoms with E-state index in [4.69, 9.17) is 4.74 Å². The van der Waals surface area contributed by atoms with Crippen molar-refractivity contribution in [1.29, 1.82) is 0 Å². The summed E-state index contributed by atoms with van der Waals surface area (Å²) in [4.78, 5) is 38.8. The number of ether oxygens (including phenoxy) is 1. The molecule has 0 aliphatic carbocycles. The number of urea groups is 1. The molecule has 3 rings (SSSR count). The quantitative estimate of drug-likeness (QED) is 0.644. The molecule has 0 atom stereocenters. The van der Waals surface area contributed by atoms with Gasteiger partial charge in [-0.3, -0.25) is 14.9 Å². The van der Waals surface area contributed by atoms with Crippen LogP contribution in [0.25, 0.3) is 0 Å². The Bertz CT molecular complexity index is 879. The van der Waals surface area contributed by atoms with Gasteiger partial charge < -0.3 is 19.9 Å². The molecular formula is C19H20N4O5. The lowest BCUT2D eigenvalue weighted by Gasteiger charge is -2.34. The maximum atomic E-state index is 12.7. The van der Waals surface area contributed by atoms with Gasteiger partial charge in [0.2, 0.25) is 0 Å². The fourth-order valence-electron chi connectivity index (χ4n) is 2.98. The van der Waals surface area contributed by atoms with Crippen molar-refractivity contribution in [3.63, 3.8) is 0 Å². The molecule has 1 aliphatic heterocycles. The number of methoxy groups -OCH3 is 1. The number of nitro benzene ring substituents is 1. The molecule has 9 nitrogen and oxygen atoms in total. The number of nitrogens with zero attached hydrogens (tertiary/aromatic N) is 3. The number of carbonyl (C=O) groups is 2. The van der Waals surface area contributed by atoms with Crippen molar-refractivity contribution in [3.8, 4) is 5.75 Å². The molecule has 9 heteroatoms. The third kappa shape index (κ3) is 4.20. The van der Waals surface area contributed by atoms with E-state index in [9.17, 15) is 19.7 Å². The summed E-state index contributed by atoms with van der Waals surface area (Å²) in [5.41, 5.74) is 0.667. The smallest absolute Gasteiger partial charge is 0.321 e. The summed E-state index contributed by atoms with van der Waals surface area (Å²) in [6.07, 6.45) is 0. The van der Waals surface area contributed by atoms with Gasteiger partial charge in [-0.15, -0.1) is 0 Å². The average Bonchev–Trinajstić information content (AvgIpc) is 2.73. The minimum atomic E-state index is -0.582. The fraction of sp³-hybridized carbons (Fsp3) is 0.263. The molecule has 0 unspecified atom stereocenters. The topological polar surface area (TPSA) is 105 Å². The molecule has 0 spiro atoms. The maximum Gasteiger partial charge on any atom is 0.321 e. The molecule has 1 N–H and O–H groups in total. The number of rotatable bonds is 4. The number of piperazine rings is 1. The Balaban J connectivity index is 1.61. The Morgan fingerprint density at radius 1 is 1.04 bits per heavy atom. The monoisotopic (exact) mass is 384 g/mol. The molecule has 2 aromatic rings. The highest BCUT2D eigenvalue weighted by Gasteiger charge is 2.26. The normalized spacial score (nSPS) is 13.8. The molecule has 1 fully saturated rings. The van der Waals surface area contributed by atoms with Crippen LogP contribution in [0.5, 0.6) is 5.75 Å². The number of hydrogen-bond donors (Lipinski definition) is 1. The molecular weight excluding hydrogens is 364 g/mol. The zero-order valence-electron chi connectivity index (χ0n) is 15.3. The third-order valence-corrected chi connectivity index (χ3v) is 4.50. The van der Waals surface area contributed by atoms with Crippen LogP contribution in [0.15, 0.2) is 48.5 Å². The highest BCUT2D eigenvalue weighted by Crippen LogP contribution is 2.28. The number of para-hydroxylation sites is 1. The first-order valence-electron chi connectivity index (χ1n) is 8.72. The Morgan fingerprint density at radius 2 is 1.68 bits per heavy atom. The lowest BCUT2D eigenvalue weighted by Crippen LogP contribution is -2.51. The highest BCUT2D eigenvalue weighted by atomic mass is 16.6. The second kappa shape index (κ2) is 8.38. The van der Waals surface area contributed by atoms with Crippen molar-refractivity contribution in [3.05, 3.63) is 64.2 Å². The highest BCUT2D eigenvalue weighted by molar-refractivity contribution is 5.95. The Kier molecular flexibility index (Phi) is 5.73. The number of hydrogen-bond acceptors (Lipinski definition) is 5. The van der Waals surface area contributed by atoms with E-state index in [0.717, 1.165) is 0 Å². The van der Waals surface area contributed by atoms with Crippen LogP contribution in [0.4, 0.5) is 16.2 Å². The van der Waals surface area contributed by atoms with Crippen LogP contribution >= 0.6 is 0 Å². The van der Waals surface area contributed by atoms with Gasteiger partial charge in [0.15, 0.2) is 5.75 Å². The summed E-state index contributed by atoms with van der Waals surface area (Å²) in [5.74, 6) is -0.210. The van der Waals surface area contributed by atoms with E-state index in [1.54, 1.807) is 21.9 Å². The van der Waals surface area contributed by atoms with Crippen LogP contribution < -0.4 is 10.1 Å². The molecule has 0 bridgehead atoms. The molecule has 1 heterocycles. The number of benzene rings is 2. The van der Waals surface area contributed by atoms with E-state index < -0.39 is 4.92 Å². The number of amides is 3. The molecule has 0 radical (unpaired) electrons. The van der Waals surface area contributed by atoms with E-state index in [0.29, 0.717) is 31.9 Å². The Hall–Kier alpha value is -3.62. The third-order valence-electron chi connectivity index (χ3n) is 4.50. The lowest BCUT2D eigenvalue weighted by molar-refractivity contribution is -0.385. The molecule has 28 heavy (non-hydrogen) atoms. The van der Waals surface area contributed by atoms with Crippen molar-refractivity contribution in [2.24, 2.45) is 0 Å². The van der Waals surface area contributed by atoms with Crippen LogP contribution in [-0.2, 0) is 0 Å². The molecule has 2 aromatic carbocycles. The van der Waals surface area contributed by atoms with E-state index in [-0.39, 0.29) is 28.9 Å². The molecule has 146 valence electrons. The summed E-state index contributed by atoms with van der Waals surface area (Å²) in [6.45, 7) is 1.45. The van der Waals surface area contributed by atoms with E-state index >= 15 is 0 Å². The van der Waals surface area contributed by atoms with E-state index in [2.05, 4.69) is 5.32 Å². The summed E-state index contributed by atoms with van der Waals surface area (Å²) in [5, 5.41) is 14.0. The van der Waals surface area contributed by atoms with Gasteiger partial charge in [0, 0.05) is 43.5 Å². The minimum Gasteiger partial charge on any atom is -0.490 e. The molecule has 0 saturated carbocycles. The molecule has 0 aromatic heterocycles. The largest absolute Gasteiger partial charge is 0.490 e. The first-order valence-corrected chi connectivity index (χ1v) is 8.72. The van der Waals surface area contributed by atoms with Crippen molar-refractivity contribution < 1.29 is 19.2 Å². The predicted molar refractivity (Wildman–Crippen MR) is 103 cm³/mol. The maximum absolute atomic E-state index is 12.7. The fourth-order valence-corrected chi connectivity index (χ4v) is 2.98. The van der Waals surface area contributed by atoms with Crippen LogP contribution in [0.3, 0.4) is 0 Å². The van der Waals surface area contributed by atoms with Crippen LogP contribution in [-0.4, -0.2) is 60.0 Å². The standard InChI is InChI=1S/C19H20N4O5/c1-28-17-8-7-14(13-16(17)23(26)27)18(24)21-9-11-22(12-10-21)19(25)20-15-5-3-2-4-6-15/h2-8,13H,9-12H2,1H3,(H,20,25). The van der Waals surface area contributed by atoms with Crippen molar-refractivity contribution in [2.45, 2.75) is 0 Å². The second-order valence-electron chi connectivity index (χ2n) is 6.22. The Labute approximate surface area is 161 Å². The van der Waals surface area contributed by atoms with Gasteiger partial charge in [-0.1, -0.05) is 18.2 Å². The zero-order valence-corrected chi connectivity index (χ0v) is 15.3. The van der Waals surface area contributed by atoms with Crippen molar-refractivity contribution in [2.75, 3.05) is 38.6 Å². The number of nitrogens with one attached hydrogen (secondary N) is 1. The minimum absolute atomic E-state index is 0.101. The number of nitro groups is 1. The van der Waals surface area contributed by atoms with Crippen LogP contribution in [0.2, 0.25) is 0 Å². The van der Waals surface area contributed by atoms with Crippen molar-refractivity contribution >= 4 is 23.3 Å². The molecule has 1 saturated heterocycles. The van der Waals surface area contributed by atoms with Crippen LogP contribution in [0.1, 0.15) is 10.4 Å². The SMILES string of the molecule is COc1ccc(C(=O)N2CCN(C(=O)Nc3ccccc3)CC2)cc1[N+](=O)[O-]. The first-order chi connectivity index (χ1) is 13.5. The van der Waals surface area contributed by atoms with Gasteiger partial charge in [-0.05, 0) is 24.3 Å². The summed E-state index contributed by atoms with van der Waals surface area (Å²) >= 11 is 0. The summed E-state index contributed by atoms with van der Waals surface area (Å²) < 4.78 is 4.96. The summed E-state index contributed by atoms with van der Waals surface area (Å²) in [7, 11) is 1.34. The lowest BCUT2D eigenvalue weighted by atomic mass is 10.1. The number of anilines is 1. The van der Waals surface area contributed by atoms with Gasteiger partial charge >= 0.3 is 11.7 Å².